The Hall–Kier alpha value is -2.97. The van der Waals surface area contributed by atoms with Crippen LogP contribution in [0, 0.1) is 38.0 Å². The molecule has 3 aliphatic rings. The van der Waals surface area contributed by atoms with Crippen LogP contribution in [0.2, 0.25) is 5.02 Å². The highest BCUT2D eigenvalue weighted by atomic mass is 35.5. The van der Waals surface area contributed by atoms with E-state index < -0.39 is 11.3 Å². The van der Waals surface area contributed by atoms with Gasteiger partial charge in [-0.15, -0.1) is 0 Å². The molecule has 1 aliphatic carbocycles. The first-order chi connectivity index (χ1) is 18.1. The topological polar surface area (TPSA) is 106 Å². The number of halogens is 1. The normalized spacial score (nSPS) is 23.0. The highest BCUT2D eigenvalue weighted by molar-refractivity contribution is 6.31. The summed E-state index contributed by atoms with van der Waals surface area (Å²) >= 11 is 6.25. The summed E-state index contributed by atoms with van der Waals surface area (Å²) in [6.45, 7) is 8.42. The van der Waals surface area contributed by atoms with Crippen LogP contribution in [0.3, 0.4) is 0 Å². The molecule has 5 rings (SSSR count). The van der Waals surface area contributed by atoms with Gasteiger partial charge in [-0.25, -0.2) is 0 Å². The van der Waals surface area contributed by atoms with Crippen molar-refractivity contribution in [2.45, 2.75) is 52.5 Å². The molecular weight excluding hydrogens is 504 g/mol. The Kier molecular flexibility index (Phi) is 7.22. The average Bonchev–Trinajstić information content (AvgIpc) is 3.39. The summed E-state index contributed by atoms with van der Waals surface area (Å²) in [5.41, 5.74) is 8.18. The number of pyridine rings is 1. The highest BCUT2D eigenvalue weighted by Gasteiger charge is 2.56. The molecule has 1 saturated carbocycles. The minimum atomic E-state index is -0.787. The molecule has 202 valence electrons. The van der Waals surface area contributed by atoms with Gasteiger partial charge in [-0.1, -0.05) is 24.1 Å². The van der Waals surface area contributed by atoms with Crippen LogP contribution < -0.4 is 10.5 Å². The SMILES string of the molecule is Cc1ccc(OC(=O)C2(C(CC(N)=O)N3CC4CN(C(=O)c5c(C)ccnc5C)CC4C3)CCC2)cc1Cl. The lowest BCUT2D eigenvalue weighted by atomic mass is 9.62. The molecule has 0 spiro atoms. The molecule has 2 aliphatic heterocycles. The number of fused-ring (bicyclic) bond motifs is 1. The Labute approximate surface area is 228 Å². The van der Waals surface area contributed by atoms with Crippen LogP contribution in [0.25, 0.3) is 0 Å². The van der Waals surface area contributed by atoms with Gasteiger partial charge in [0.25, 0.3) is 5.91 Å². The van der Waals surface area contributed by atoms with E-state index in [9.17, 15) is 14.4 Å². The van der Waals surface area contributed by atoms with Gasteiger partial charge in [-0.05, 0) is 74.8 Å². The summed E-state index contributed by atoms with van der Waals surface area (Å²) in [7, 11) is 0. The van der Waals surface area contributed by atoms with Gasteiger partial charge in [0.1, 0.15) is 5.75 Å². The van der Waals surface area contributed by atoms with Crippen LogP contribution in [0.15, 0.2) is 30.5 Å². The zero-order valence-corrected chi connectivity index (χ0v) is 23.0. The van der Waals surface area contributed by atoms with E-state index in [1.807, 2.05) is 37.8 Å². The fraction of sp³-hybridized carbons (Fsp3) is 0.517. The summed E-state index contributed by atoms with van der Waals surface area (Å²) in [5, 5.41) is 0.537. The lowest BCUT2D eigenvalue weighted by Crippen LogP contribution is -2.58. The van der Waals surface area contributed by atoms with Crippen molar-refractivity contribution in [2.75, 3.05) is 26.2 Å². The Balaban J connectivity index is 1.31. The first-order valence-corrected chi connectivity index (χ1v) is 13.7. The van der Waals surface area contributed by atoms with Crippen molar-refractivity contribution in [2.24, 2.45) is 23.0 Å². The Morgan fingerprint density at radius 3 is 2.32 bits per heavy atom. The molecular formula is C29H35ClN4O4. The second kappa shape index (κ2) is 10.3. The van der Waals surface area contributed by atoms with Crippen LogP contribution in [0.5, 0.6) is 5.75 Å². The number of primary amides is 1. The third kappa shape index (κ3) is 4.80. The standard InChI is InChI=1S/C29H35ClN4O4/c1-17-5-6-22(11-23(17)30)38-28(37)29(8-4-9-29)24(12-25(31)35)33-13-20-15-34(16-21(20)14-33)27(36)26-18(2)7-10-32-19(26)3/h5-7,10-11,20-21,24H,4,8-9,12-16H2,1-3H3,(H2,31,35). The molecule has 9 heteroatoms. The van der Waals surface area contributed by atoms with Crippen molar-refractivity contribution >= 4 is 29.4 Å². The monoisotopic (exact) mass is 538 g/mol. The van der Waals surface area contributed by atoms with E-state index in [1.165, 1.54) is 0 Å². The maximum absolute atomic E-state index is 13.6. The van der Waals surface area contributed by atoms with Crippen molar-refractivity contribution < 1.29 is 19.1 Å². The maximum atomic E-state index is 13.6. The van der Waals surface area contributed by atoms with Gasteiger partial charge < -0.3 is 15.4 Å². The number of likely N-dealkylation sites (tertiary alicyclic amines) is 2. The van der Waals surface area contributed by atoms with Crippen molar-refractivity contribution in [3.8, 4) is 5.75 Å². The first kappa shape index (κ1) is 26.6. The number of nitrogens with zero attached hydrogens (tertiary/aromatic N) is 3. The quantitative estimate of drug-likeness (QED) is 0.426. The summed E-state index contributed by atoms with van der Waals surface area (Å²) in [5.74, 6) is 0.225. The number of benzene rings is 1. The lowest BCUT2D eigenvalue weighted by Gasteiger charge is -2.48. The number of esters is 1. The second-order valence-electron chi connectivity index (χ2n) is 11.3. The largest absolute Gasteiger partial charge is 0.426 e. The fourth-order valence-electron chi connectivity index (χ4n) is 6.57. The van der Waals surface area contributed by atoms with Gasteiger partial charge in [0.2, 0.25) is 5.91 Å². The number of carbonyl (C=O) groups is 3. The number of nitrogens with two attached hydrogens (primary N) is 1. The third-order valence-electron chi connectivity index (χ3n) is 8.84. The third-order valence-corrected chi connectivity index (χ3v) is 9.25. The van der Waals surface area contributed by atoms with Gasteiger partial charge in [-0.3, -0.25) is 24.3 Å². The predicted octanol–water partition coefficient (Wildman–Crippen LogP) is 3.68. The Morgan fingerprint density at radius 1 is 1.08 bits per heavy atom. The number of aromatic nitrogens is 1. The van der Waals surface area contributed by atoms with Crippen LogP contribution >= 0.6 is 11.6 Å². The fourth-order valence-corrected chi connectivity index (χ4v) is 6.74. The van der Waals surface area contributed by atoms with E-state index >= 15 is 0 Å². The summed E-state index contributed by atoms with van der Waals surface area (Å²) in [6.07, 6.45) is 4.02. The van der Waals surface area contributed by atoms with Gasteiger partial charge >= 0.3 is 5.97 Å². The molecule has 1 aromatic heterocycles. The molecule has 3 unspecified atom stereocenters. The number of amides is 2. The van der Waals surface area contributed by atoms with E-state index in [0.29, 0.717) is 55.4 Å². The average molecular weight is 539 g/mol. The zero-order valence-electron chi connectivity index (χ0n) is 22.2. The number of rotatable bonds is 7. The van der Waals surface area contributed by atoms with E-state index in [0.717, 1.165) is 23.2 Å². The highest BCUT2D eigenvalue weighted by Crippen LogP contribution is 2.50. The number of hydrogen-bond donors (Lipinski definition) is 1. The molecule has 8 nitrogen and oxygen atoms in total. The van der Waals surface area contributed by atoms with Gasteiger partial charge in [-0.2, -0.15) is 0 Å². The first-order valence-electron chi connectivity index (χ1n) is 13.3. The van der Waals surface area contributed by atoms with E-state index in [4.69, 9.17) is 22.1 Å². The van der Waals surface area contributed by atoms with Gasteiger partial charge in [0, 0.05) is 49.9 Å². The molecule has 0 bridgehead atoms. The lowest BCUT2D eigenvalue weighted by molar-refractivity contribution is -0.159. The molecule has 3 fully saturated rings. The molecule has 2 aromatic rings. The Bertz CT molecular complexity index is 1240. The maximum Gasteiger partial charge on any atom is 0.319 e. The molecule has 2 saturated heterocycles. The molecule has 0 radical (unpaired) electrons. The second-order valence-corrected chi connectivity index (χ2v) is 11.7. The number of carbonyl (C=O) groups excluding carboxylic acids is 3. The molecule has 3 heterocycles. The number of hydrogen-bond acceptors (Lipinski definition) is 6. The smallest absolute Gasteiger partial charge is 0.319 e. The van der Waals surface area contributed by atoms with Crippen LogP contribution in [0.4, 0.5) is 0 Å². The summed E-state index contributed by atoms with van der Waals surface area (Å²) in [4.78, 5) is 47.6. The molecule has 2 amide bonds. The Morgan fingerprint density at radius 2 is 1.76 bits per heavy atom. The minimum absolute atomic E-state index is 0.0264. The van der Waals surface area contributed by atoms with Crippen molar-refractivity contribution in [1.29, 1.82) is 0 Å². The zero-order chi connectivity index (χ0) is 27.2. The van der Waals surface area contributed by atoms with E-state index in [1.54, 1.807) is 18.3 Å². The van der Waals surface area contributed by atoms with Gasteiger partial charge in [0.15, 0.2) is 0 Å². The van der Waals surface area contributed by atoms with Crippen molar-refractivity contribution in [3.63, 3.8) is 0 Å². The van der Waals surface area contributed by atoms with Crippen molar-refractivity contribution in [1.82, 2.24) is 14.8 Å². The molecule has 1 aromatic carbocycles. The van der Waals surface area contributed by atoms with Crippen LogP contribution in [0.1, 0.15) is 52.9 Å². The van der Waals surface area contributed by atoms with E-state index in [-0.39, 0.29) is 36.2 Å². The minimum Gasteiger partial charge on any atom is -0.426 e. The van der Waals surface area contributed by atoms with Crippen LogP contribution in [-0.2, 0) is 9.59 Å². The predicted molar refractivity (Wildman–Crippen MR) is 144 cm³/mol. The van der Waals surface area contributed by atoms with E-state index in [2.05, 4.69) is 9.88 Å². The van der Waals surface area contributed by atoms with Crippen LogP contribution in [-0.4, -0.2) is 64.8 Å². The van der Waals surface area contributed by atoms with Gasteiger partial charge in [0.05, 0.1) is 16.7 Å². The molecule has 38 heavy (non-hydrogen) atoms. The molecule has 3 atom stereocenters. The number of ether oxygens (including phenoxy) is 1. The van der Waals surface area contributed by atoms with Crippen molar-refractivity contribution in [3.05, 3.63) is 57.9 Å². The molecule has 2 N–H and O–H groups in total. The summed E-state index contributed by atoms with van der Waals surface area (Å²) < 4.78 is 5.83. The summed E-state index contributed by atoms with van der Waals surface area (Å²) in [6, 6.07) is 6.76. The number of aryl methyl sites for hydroxylation is 3.